The quantitative estimate of drug-likeness (QED) is 0.839. The van der Waals surface area contributed by atoms with Gasteiger partial charge in [-0.15, -0.1) is 0 Å². The molecule has 20 heavy (non-hydrogen) atoms. The molecule has 0 aliphatic rings. The number of nitrogens with one attached hydrogen (secondary N) is 1. The Labute approximate surface area is 134 Å². The number of ether oxygens (including phenoxy) is 1. The number of benzene rings is 2. The van der Waals surface area contributed by atoms with E-state index in [0.29, 0.717) is 17.9 Å². The lowest BCUT2D eigenvalue weighted by Crippen LogP contribution is -2.22. The molecule has 0 aliphatic carbocycles. The van der Waals surface area contributed by atoms with E-state index in [1.165, 1.54) is 0 Å². The predicted octanol–water partition coefficient (Wildman–Crippen LogP) is 4.15. The lowest BCUT2D eigenvalue weighted by atomic mass is 10.2. The summed E-state index contributed by atoms with van der Waals surface area (Å²) in [7, 11) is 1.59. The Kier molecular flexibility index (Phi) is 5.20. The molecule has 0 heterocycles. The number of amides is 1. The molecule has 1 amide bonds. The largest absolute Gasteiger partial charge is 0.496 e. The highest BCUT2D eigenvalue weighted by molar-refractivity contribution is 9.10. The normalized spacial score (nSPS) is 10.2. The van der Waals surface area contributed by atoms with Gasteiger partial charge in [0.1, 0.15) is 5.75 Å². The van der Waals surface area contributed by atoms with Crippen molar-refractivity contribution in [3.8, 4) is 5.75 Å². The number of hydrogen-bond donors (Lipinski definition) is 1. The second-order valence-electron chi connectivity index (χ2n) is 4.16. The van der Waals surface area contributed by atoms with Crippen molar-refractivity contribution in [2.75, 3.05) is 7.11 Å². The molecule has 0 aromatic heterocycles. The van der Waals surface area contributed by atoms with Crippen LogP contribution in [0.3, 0.4) is 0 Å². The van der Waals surface area contributed by atoms with Crippen molar-refractivity contribution in [3.05, 3.63) is 62.5 Å². The Balaban J connectivity index is 2.01. The van der Waals surface area contributed by atoms with E-state index in [4.69, 9.17) is 4.74 Å². The lowest BCUT2D eigenvalue weighted by molar-refractivity contribution is 0.0951. The summed E-state index contributed by atoms with van der Waals surface area (Å²) in [4.78, 5) is 12.1. The fourth-order valence-corrected chi connectivity index (χ4v) is 2.50. The van der Waals surface area contributed by atoms with E-state index in [0.717, 1.165) is 14.5 Å². The van der Waals surface area contributed by atoms with Crippen LogP contribution in [0.2, 0.25) is 0 Å². The van der Waals surface area contributed by atoms with Crippen molar-refractivity contribution >= 4 is 37.8 Å². The fourth-order valence-electron chi connectivity index (χ4n) is 1.69. The van der Waals surface area contributed by atoms with Gasteiger partial charge in [0, 0.05) is 16.6 Å². The van der Waals surface area contributed by atoms with E-state index in [1.54, 1.807) is 25.3 Å². The first kappa shape index (κ1) is 15.1. The third kappa shape index (κ3) is 3.84. The van der Waals surface area contributed by atoms with Crippen molar-refractivity contribution in [2.24, 2.45) is 0 Å². The molecule has 0 radical (unpaired) electrons. The van der Waals surface area contributed by atoms with Crippen LogP contribution >= 0.6 is 31.9 Å². The van der Waals surface area contributed by atoms with Crippen LogP contribution in [-0.2, 0) is 6.54 Å². The summed E-state index contributed by atoms with van der Waals surface area (Å²) in [5, 5.41) is 2.88. The molecule has 2 aromatic rings. The van der Waals surface area contributed by atoms with Gasteiger partial charge in [-0.1, -0.05) is 28.1 Å². The highest BCUT2D eigenvalue weighted by Crippen LogP contribution is 2.25. The maximum absolute atomic E-state index is 12.1. The molecule has 0 spiro atoms. The molecule has 3 nitrogen and oxygen atoms in total. The third-order valence-corrected chi connectivity index (χ3v) is 3.93. The minimum atomic E-state index is -0.115. The highest BCUT2D eigenvalue weighted by atomic mass is 79.9. The van der Waals surface area contributed by atoms with Gasteiger partial charge in [-0.3, -0.25) is 4.79 Å². The molecule has 5 heteroatoms. The number of hydrogen-bond acceptors (Lipinski definition) is 2. The van der Waals surface area contributed by atoms with Gasteiger partial charge < -0.3 is 10.1 Å². The summed E-state index contributed by atoms with van der Waals surface area (Å²) in [5.41, 5.74) is 1.64. The smallest absolute Gasteiger partial charge is 0.251 e. The first-order valence-electron chi connectivity index (χ1n) is 5.96. The molecular formula is C15H13Br2NO2. The second kappa shape index (κ2) is 6.90. The van der Waals surface area contributed by atoms with E-state index >= 15 is 0 Å². The molecule has 0 atom stereocenters. The number of halogens is 2. The van der Waals surface area contributed by atoms with E-state index in [2.05, 4.69) is 37.2 Å². The van der Waals surface area contributed by atoms with Gasteiger partial charge in [0.2, 0.25) is 0 Å². The molecule has 0 fully saturated rings. The highest BCUT2D eigenvalue weighted by Gasteiger charge is 2.08. The van der Waals surface area contributed by atoms with Crippen LogP contribution < -0.4 is 10.1 Å². The monoisotopic (exact) mass is 397 g/mol. The summed E-state index contributed by atoms with van der Waals surface area (Å²) in [5.74, 6) is 0.589. The van der Waals surface area contributed by atoms with E-state index in [-0.39, 0.29) is 5.91 Å². The molecule has 2 aromatic carbocycles. The van der Waals surface area contributed by atoms with Crippen molar-refractivity contribution in [1.29, 1.82) is 0 Å². The first-order chi connectivity index (χ1) is 9.60. The van der Waals surface area contributed by atoms with E-state index in [9.17, 15) is 4.79 Å². The Morgan fingerprint density at radius 3 is 2.45 bits per heavy atom. The average Bonchev–Trinajstić information content (AvgIpc) is 2.46. The SMILES string of the molecule is COc1ccc(C(=O)NCc2ccc(Br)cc2)cc1Br. The van der Waals surface area contributed by atoms with Crippen LogP contribution in [0, 0.1) is 0 Å². The van der Waals surface area contributed by atoms with E-state index < -0.39 is 0 Å². The van der Waals surface area contributed by atoms with Crippen molar-refractivity contribution in [2.45, 2.75) is 6.54 Å². The van der Waals surface area contributed by atoms with Gasteiger partial charge in [-0.25, -0.2) is 0 Å². The zero-order valence-electron chi connectivity index (χ0n) is 10.8. The maximum Gasteiger partial charge on any atom is 0.251 e. The molecule has 0 saturated carbocycles. The Bertz CT molecular complexity index is 612. The zero-order valence-corrected chi connectivity index (χ0v) is 14.0. The van der Waals surface area contributed by atoms with Gasteiger partial charge in [-0.2, -0.15) is 0 Å². The summed E-state index contributed by atoms with van der Waals surface area (Å²) in [6.07, 6.45) is 0. The molecule has 1 N–H and O–H groups in total. The van der Waals surface area contributed by atoms with Crippen LogP contribution in [0.5, 0.6) is 5.75 Å². The molecular weight excluding hydrogens is 386 g/mol. The maximum atomic E-state index is 12.1. The molecule has 0 unspecified atom stereocenters. The molecule has 104 valence electrons. The van der Waals surface area contributed by atoms with Crippen molar-refractivity contribution in [1.82, 2.24) is 5.32 Å². The third-order valence-electron chi connectivity index (χ3n) is 2.78. The fraction of sp³-hybridized carbons (Fsp3) is 0.133. The topological polar surface area (TPSA) is 38.3 Å². The van der Waals surface area contributed by atoms with Gasteiger partial charge in [-0.05, 0) is 51.8 Å². The molecule has 0 saturated heterocycles. The standard InChI is InChI=1S/C15H13Br2NO2/c1-20-14-7-4-11(8-13(14)17)15(19)18-9-10-2-5-12(16)6-3-10/h2-8H,9H2,1H3,(H,18,19). The Hall–Kier alpha value is -1.33. The van der Waals surface area contributed by atoms with Crippen LogP contribution in [0.25, 0.3) is 0 Å². The second-order valence-corrected chi connectivity index (χ2v) is 5.93. The number of rotatable bonds is 4. The number of carbonyl (C=O) groups is 1. The van der Waals surface area contributed by atoms with Gasteiger partial charge in [0.05, 0.1) is 11.6 Å². The minimum absolute atomic E-state index is 0.115. The van der Waals surface area contributed by atoms with Gasteiger partial charge in [0.15, 0.2) is 0 Å². The average molecular weight is 399 g/mol. The molecule has 0 bridgehead atoms. The van der Waals surface area contributed by atoms with E-state index in [1.807, 2.05) is 24.3 Å². The summed E-state index contributed by atoms with van der Waals surface area (Å²) >= 11 is 6.75. The summed E-state index contributed by atoms with van der Waals surface area (Å²) in [6, 6.07) is 13.1. The minimum Gasteiger partial charge on any atom is -0.496 e. The Morgan fingerprint density at radius 1 is 1.15 bits per heavy atom. The van der Waals surface area contributed by atoms with Crippen molar-refractivity contribution in [3.63, 3.8) is 0 Å². The summed E-state index contributed by atoms with van der Waals surface area (Å²) < 4.78 is 6.92. The molecule has 2 rings (SSSR count). The van der Waals surface area contributed by atoms with Gasteiger partial charge in [0.25, 0.3) is 5.91 Å². The number of carbonyl (C=O) groups excluding carboxylic acids is 1. The Morgan fingerprint density at radius 2 is 1.85 bits per heavy atom. The van der Waals surface area contributed by atoms with Crippen molar-refractivity contribution < 1.29 is 9.53 Å². The van der Waals surface area contributed by atoms with Gasteiger partial charge >= 0.3 is 0 Å². The lowest BCUT2D eigenvalue weighted by Gasteiger charge is -2.08. The zero-order chi connectivity index (χ0) is 14.5. The van der Waals surface area contributed by atoms with Crippen LogP contribution in [0.15, 0.2) is 51.4 Å². The summed E-state index contributed by atoms with van der Waals surface area (Å²) in [6.45, 7) is 0.496. The van der Waals surface area contributed by atoms with Crippen LogP contribution in [-0.4, -0.2) is 13.0 Å². The van der Waals surface area contributed by atoms with Crippen LogP contribution in [0.4, 0.5) is 0 Å². The molecule has 0 aliphatic heterocycles. The van der Waals surface area contributed by atoms with Crippen LogP contribution in [0.1, 0.15) is 15.9 Å². The predicted molar refractivity (Wildman–Crippen MR) is 86.0 cm³/mol. The number of methoxy groups -OCH3 is 1. The first-order valence-corrected chi connectivity index (χ1v) is 7.55.